The number of likely N-dealkylation sites (N-methyl/N-ethyl adjacent to an activating group) is 1. The largest absolute Gasteiger partial charge is 0.497 e. The Hall–Kier alpha value is -1.06. The molecule has 1 fully saturated rings. The lowest BCUT2D eigenvalue weighted by molar-refractivity contribution is 0.138. The second-order valence-electron chi connectivity index (χ2n) is 6.30. The Morgan fingerprint density at radius 2 is 1.95 bits per heavy atom. The highest BCUT2D eigenvalue weighted by molar-refractivity contribution is 5.40. The van der Waals surface area contributed by atoms with Gasteiger partial charge >= 0.3 is 0 Å². The van der Waals surface area contributed by atoms with Gasteiger partial charge in [-0.15, -0.1) is 0 Å². The van der Waals surface area contributed by atoms with Crippen LogP contribution in [0.25, 0.3) is 0 Å². The number of fused-ring (bicyclic) bond motifs is 1. The summed E-state index contributed by atoms with van der Waals surface area (Å²) in [5.74, 6) is 0.920. The zero-order chi connectivity index (χ0) is 14.1. The van der Waals surface area contributed by atoms with Gasteiger partial charge in [0.15, 0.2) is 0 Å². The third-order valence-corrected chi connectivity index (χ3v) is 5.26. The van der Waals surface area contributed by atoms with Crippen molar-refractivity contribution in [3.63, 3.8) is 0 Å². The average molecular weight is 274 g/mol. The van der Waals surface area contributed by atoms with E-state index in [0.717, 1.165) is 18.2 Å². The number of ether oxygens (including phenoxy) is 1. The van der Waals surface area contributed by atoms with E-state index >= 15 is 0 Å². The first-order valence-electron chi connectivity index (χ1n) is 7.85. The van der Waals surface area contributed by atoms with E-state index in [-0.39, 0.29) is 6.04 Å². The first kappa shape index (κ1) is 13.9. The maximum absolute atomic E-state index is 6.59. The van der Waals surface area contributed by atoms with E-state index in [2.05, 4.69) is 24.1 Å². The molecule has 2 N–H and O–H groups in total. The lowest BCUT2D eigenvalue weighted by atomic mass is 9.83. The van der Waals surface area contributed by atoms with Crippen LogP contribution in [-0.4, -0.2) is 31.1 Å². The van der Waals surface area contributed by atoms with Gasteiger partial charge < -0.3 is 10.5 Å². The Morgan fingerprint density at radius 1 is 1.20 bits per heavy atom. The molecule has 0 radical (unpaired) electrons. The van der Waals surface area contributed by atoms with Crippen molar-refractivity contribution in [3.8, 4) is 5.75 Å². The fraction of sp³-hybridized carbons (Fsp3) is 0.647. The van der Waals surface area contributed by atoms with E-state index in [4.69, 9.17) is 10.5 Å². The van der Waals surface area contributed by atoms with Crippen molar-refractivity contribution in [1.29, 1.82) is 0 Å². The van der Waals surface area contributed by atoms with Crippen molar-refractivity contribution in [2.75, 3.05) is 14.2 Å². The maximum atomic E-state index is 6.59. The molecule has 0 aliphatic heterocycles. The Morgan fingerprint density at radius 3 is 2.65 bits per heavy atom. The Kier molecular flexibility index (Phi) is 3.99. The Balaban J connectivity index is 1.81. The predicted molar refractivity (Wildman–Crippen MR) is 82.1 cm³/mol. The third-order valence-electron chi connectivity index (χ3n) is 5.26. The molecule has 2 atom stereocenters. The molecule has 2 aliphatic carbocycles. The smallest absolute Gasteiger partial charge is 0.119 e. The summed E-state index contributed by atoms with van der Waals surface area (Å²) in [5.41, 5.74) is 9.27. The highest BCUT2D eigenvalue weighted by Gasteiger charge is 2.33. The van der Waals surface area contributed by atoms with Crippen LogP contribution in [0.2, 0.25) is 0 Å². The summed E-state index contributed by atoms with van der Waals surface area (Å²) < 4.78 is 5.35. The molecule has 0 spiro atoms. The minimum atomic E-state index is 0.111. The molecule has 0 saturated heterocycles. The number of hydrogen-bond acceptors (Lipinski definition) is 3. The summed E-state index contributed by atoms with van der Waals surface area (Å²) in [6, 6.07) is 7.68. The highest BCUT2D eigenvalue weighted by atomic mass is 16.5. The van der Waals surface area contributed by atoms with Crippen molar-refractivity contribution in [3.05, 3.63) is 29.3 Å². The molecule has 0 heterocycles. The standard InChI is InChI=1S/C17H26N2O/c1-19(13-5-3-4-6-13)16-10-8-12-7-9-14(20-2)11-15(12)17(16)18/h7,9,11,13,16-17H,3-6,8,10,18H2,1-2H3. The SMILES string of the molecule is COc1ccc2c(c1)C(N)C(N(C)C1CCCC1)CC2. The summed E-state index contributed by atoms with van der Waals surface area (Å²) in [7, 11) is 3.99. The molecule has 1 saturated carbocycles. The molecule has 0 amide bonds. The molecule has 2 aliphatic rings. The van der Waals surface area contributed by atoms with Crippen LogP contribution in [0.1, 0.15) is 49.3 Å². The molecule has 110 valence electrons. The van der Waals surface area contributed by atoms with Crippen LogP contribution in [0.4, 0.5) is 0 Å². The van der Waals surface area contributed by atoms with Crippen molar-refractivity contribution >= 4 is 0 Å². The summed E-state index contributed by atoms with van der Waals surface area (Å²) >= 11 is 0. The van der Waals surface area contributed by atoms with E-state index < -0.39 is 0 Å². The molecule has 20 heavy (non-hydrogen) atoms. The van der Waals surface area contributed by atoms with Gasteiger partial charge in [-0.3, -0.25) is 4.90 Å². The number of benzene rings is 1. The van der Waals surface area contributed by atoms with Gasteiger partial charge in [0, 0.05) is 18.1 Å². The molecule has 1 aromatic carbocycles. The fourth-order valence-electron chi connectivity index (χ4n) is 3.97. The van der Waals surface area contributed by atoms with Crippen LogP contribution >= 0.6 is 0 Å². The van der Waals surface area contributed by atoms with Crippen molar-refractivity contribution in [1.82, 2.24) is 4.90 Å². The lowest BCUT2D eigenvalue weighted by Crippen LogP contribution is -2.47. The zero-order valence-electron chi connectivity index (χ0n) is 12.6. The molecular formula is C17H26N2O. The van der Waals surface area contributed by atoms with Crippen LogP contribution in [-0.2, 0) is 6.42 Å². The highest BCUT2D eigenvalue weighted by Crippen LogP contribution is 2.36. The van der Waals surface area contributed by atoms with Crippen LogP contribution in [0, 0.1) is 0 Å². The number of nitrogens with two attached hydrogens (primary N) is 1. The molecule has 3 rings (SSSR count). The van der Waals surface area contributed by atoms with Gasteiger partial charge in [0.2, 0.25) is 0 Å². The summed E-state index contributed by atoms with van der Waals surface area (Å²) in [4.78, 5) is 2.56. The molecule has 2 unspecified atom stereocenters. The first-order valence-corrected chi connectivity index (χ1v) is 7.85. The summed E-state index contributed by atoms with van der Waals surface area (Å²) in [5, 5.41) is 0. The second kappa shape index (κ2) is 5.74. The maximum Gasteiger partial charge on any atom is 0.119 e. The first-order chi connectivity index (χ1) is 9.70. The lowest BCUT2D eigenvalue weighted by Gasteiger charge is -2.40. The van der Waals surface area contributed by atoms with Crippen molar-refractivity contribution < 1.29 is 4.74 Å². The average Bonchev–Trinajstić information content (AvgIpc) is 3.01. The van der Waals surface area contributed by atoms with Crippen LogP contribution in [0.5, 0.6) is 5.75 Å². The Bertz CT molecular complexity index is 468. The second-order valence-corrected chi connectivity index (χ2v) is 6.30. The van der Waals surface area contributed by atoms with Crippen LogP contribution in [0.15, 0.2) is 18.2 Å². The topological polar surface area (TPSA) is 38.5 Å². The van der Waals surface area contributed by atoms with E-state index in [1.165, 1.54) is 43.2 Å². The van der Waals surface area contributed by atoms with Gasteiger partial charge in [-0.25, -0.2) is 0 Å². The molecular weight excluding hydrogens is 248 g/mol. The third kappa shape index (κ3) is 2.45. The minimum Gasteiger partial charge on any atom is -0.497 e. The molecule has 0 aromatic heterocycles. The van der Waals surface area contributed by atoms with Crippen LogP contribution in [0.3, 0.4) is 0 Å². The predicted octanol–water partition coefficient (Wildman–Crippen LogP) is 2.88. The van der Waals surface area contributed by atoms with Gasteiger partial charge in [-0.2, -0.15) is 0 Å². The van der Waals surface area contributed by atoms with Crippen molar-refractivity contribution in [2.24, 2.45) is 5.73 Å². The molecule has 3 heteroatoms. The van der Waals surface area contributed by atoms with Crippen LogP contribution < -0.4 is 10.5 Å². The summed E-state index contributed by atoms with van der Waals surface area (Å²) in [6.45, 7) is 0. The van der Waals surface area contributed by atoms with Gasteiger partial charge in [-0.1, -0.05) is 18.9 Å². The fourth-order valence-corrected chi connectivity index (χ4v) is 3.97. The van der Waals surface area contributed by atoms with Gasteiger partial charge in [-0.05, 0) is 56.0 Å². The molecule has 0 bridgehead atoms. The normalized spacial score (nSPS) is 26.8. The number of aryl methyl sites for hydroxylation is 1. The Labute approximate surface area is 122 Å². The zero-order valence-corrected chi connectivity index (χ0v) is 12.6. The van der Waals surface area contributed by atoms with E-state index in [9.17, 15) is 0 Å². The van der Waals surface area contributed by atoms with Gasteiger partial charge in [0.1, 0.15) is 5.75 Å². The van der Waals surface area contributed by atoms with E-state index in [1.54, 1.807) is 7.11 Å². The van der Waals surface area contributed by atoms with Crippen molar-refractivity contribution in [2.45, 2.75) is 56.7 Å². The van der Waals surface area contributed by atoms with Gasteiger partial charge in [0.05, 0.1) is 7.11 Å². The number of hydrogen-bond donors (Lipinski definition) is 1. The number of nitrogens with zero attached hydrogens (tertiary/aromatic N) is 1. The van der Waals surface area contributed by atoms with Gasteiger partial charge in [0.25, 0.3) is 0 Å². The van der Waals surface area contributed by atoms with E-state index in [1.807, 2.05) is 6.07 Å². The quantitative estimate of drug-likeness (QED) is 0.921. The minimum absolute atomic E-state index is 0.111. The molecule has 3 nitrogen and oxygen atoms in total. The number of methoxy groups -OCH3 is 1. The monoisotopic (exact) mass is 274 g/mol. The van der Waals surface area contributed by atoms with E-state index in [0.29, 0.717) is 6.04 Å². The molecule has 1 aromatic rings. The summed E-state index contributed by atoms with van der Waals surface area (Å²) in [6.07, 6.45) is 7.74. The number of rotatable bonds is 3.